The van der Waals surface area contributed by atoms with Crippen LogP contribution in [-0.4, -0.2) is 99.8 Å². The number of quaternary nitrogens is 1. The number of rotatable bonds is 12. The second kappa shape index (κ2) is 13.4. The summed E-state index contributed by atoms with van der Waals surface area (Å²) < 4.78 is 12.9. The molecule has 4 unspecified atom stereocenters. The van der Waals surface area contributed by atoms with E-state index in [0.29, 0.717) is 52.0 Å². The van der Waals surface area contributed by atoms with Crippen molar-refractivity contribution in [2.24, 2.45) is 5.92 Å². The van der Waals surface area contributed by atoms with Gasteiger partial charge in [-0.05, 0) is 59.9 Å². The number of H-pyrrole nitrogens is 1. The predicted molar refractivity (Wildman–Crippen MR) is 191 cm³/mol. The van der Waals surface area contributed by atoms with Crippen LogP contribution in [0, 0.1) is 5.92 Å². The number of aliphatic hydroxyl groups excluding tert-OH is 1. The van der Waals surface area contributed by atoms with Gasteiger partial charge in [0.2, 0.25) is 17.1 Å². The second-order valence-electron chi connectivity index (χ2n) is 14.6. The summed E-state index contributed by atoms with van der Waals surface area (Å²) in [5, 5.41) is 43.7. The van der Waals surface area contributed by atoms with E-state index >= 15 is 0 Å². The number of hydrogen-bond acceptors (Lipinski definition) is 11. The van der Waals surface area contributed by atoms with Gasteiger partial charge in [-0.15, -0.1) is 22.7 Å². The minimum atomic E-state index is -1.83. The number of aromatic hydroxyl groups is 1. The first-order chi connectivity index (χ1) is 24.6. The molecular weight excluding hydrogens is 693 g/mol. The smallest absolute Gasteiger partial charge is 0.349 e. The Kier molecular flexibility index (Phi) is 9.06. The van der Waals surface area contributed by atoms with E-state index in [9.17, 15) is 29.7 Å². The zero-order valence-electron chi connectivity index (χ0n) is 28.2. The number of carbonyl (C=O) groups is 2. The first kappa shape index (κ1) is 34.5. The maximum atomic E-state index is 13.6. The number of likely N-dealkylation sites (N-methyl/N-ethyl adjacent to an activating group) is 1. The number of benzene rings is 1. The van der Waals surface area contributed by atoms with Gasteiger partial charge in [0.15, 0.2) is 0 Å². The van der Waals surface area contributed by atoms with Gasteiger partial charge in [-0.3, -0.25) is 9.59 Å². The average Bonchev–Trinajstić information content (AvgIpc) is 3.59. The number of esters is 1. The number of ether oxygens (including phenoxy) is 2. The topological polar surface area (TPSA) is 174 Å². The lowest BCUT2D eigenvalue weighted by Crippen LogP contribution is -2.64. The molecule has 2 bridgehead atoms. The molecule has 4 aromatic rings. The minimum absolute atomic E-state index is 0.0407. The Morgan fingerprint density at radius 2 is 1.75 bits per heavy atom. The minimum Gasteiger partial charge on any atom is -0.506 e. The quantitative estimate of drug-likeness (QED) is 0.0727. The SMILES string of the molecule is C[N+]1(CCNC(=O)[C@H]2CC[C@@H](NC[C@H](O)c3ccc(O)c4[nH]c(=O)ccc34)C2)C2CC(OC(=O)C(O)(c3cccs3)c3cccs3)CC1C1OC12. The molecule has 3 aromatic heterocycles. The van der Waals surface area contributed by atoms with Crippen molar-refractivity contribution in [2.75, 3.05) is 26.7 Å². The van der Waals surface area contributed by atoms with Crippen LogP contribution in [0.5, 0.6) is 5.75 Å². The van der Waals surface area contributed by atoms with E-state index in [1.165, 1.54) is 34.8 Å². The number of phenolic OH excluding ortho intramolecular Hbond substituents is 1. The highest BCUT2D eigenvalue weighted by Gasteiger charge is 2.72. The molecule has 6 heterocycles. The van der Waals surface area contributed by atoms with Crippen molar-refractivity contribution >= 4 is 45.5 Å². The Balaban J connectivity index is 0.825. The molecule has 270 valence electrons. The number of aliphatic hydroxyl groups is 2. The van der Waals surface area contributed by atoms with Crippen molar-refractivity contribution in [3.8, 4) is 5.75 Å². The molecule has 4 fully saturated rings. The largest absolute Gasteiger partial charge is 0.506 e. The molecular formula is C37H43N4O8S2+. The van der Waals surface area contributed by atoms with Gasteiger partial charge in [0.1, 0.15) is 36.1 Å². The molecule has 12 nitrogen and oxygen atoms in total. The molecule has 8 rings (SSSR count). The summed E-state index contributed by atoms with van der Waals surface area (Å²) in [5.41, 5.74) is -1.26. The fourth-order valence-electron chi connectivity index (χ4n) is 8.92. The highest BCUT2D eigenvalue weighted by molar-refractivity contribution is 7.12. The molecule has 3 saturated heterocycles. The first-order valence-corrected chi connectivity index (χ1v) is 19.4. The van der Waals surface area contributed by atoms with E-state index in [0.717, 1.165) is 23.9 Å². The summed E-state index contributed by atoms with van der Waals surface area (Å²) in [6, 6.07) is 13.6. The van der Waals surface area contributed by atoms with Crippen LogP contribution in [0.15, 0.2) is 64.1 Å². The standard InChI is InChI=1S/C37H42N4O8S2/c1-41(25-17-22(18-26(41)34-33(25)49-34)48-36(46)37(47,29-4-2-14-50-29)30-5-3-15-51-30)13-12-38-35(45)20-6-7-21(16-20)39-19-28(43)23-8-10-27(42)32-24(23)9-11-31(44)40-32/h2-5,8-11,14-15,20-22,25-26,28,33-34,39,43,47H,6-7,12-13,16-19H2,1H3,(H2-,38,40,42,44,45)/p+1/t20-,21+,22?,25?,26?,28-,33?,34?,41?/m0/s1. The molecule has 1 aromatic carbocycles. The normalized spacial score (nSPS) is 30.2. The summed E-state index contributed by atoms with van der Waals surface area (Å²) in [4.78, 5) is 42.4. The summed E-state index contributed by atoms with van der Waals surface area (Å²) in [5.74, 6) is -0.767. The number of amides is 1. The van der Waals surface area contributed by atoms with Crippen molar-refractivity contribution in [3.63, 3.8) is 0 Å². The number of aromatic nitrogens is 1. The third-order valence-electron chi connectivity index (χ3n) is 11.7. The Morgan fingerprint density at radius 1 is 1.04 bits per heavy atom. The number of morpholine rings is 1. The van der Waals surface area contributed by atoms with E-state index in [1.54, 1.807) is 24.3 Å². The third kappa shape index (κ3) is 6.20. The lowest BCUT2D eigenvalue weighted by Gasteiger charge is -2.48. The van der Waals surface area contributed by atoms with E-state index in [4.69, 9.17) is 9.47 Å². The number of nitrogens with zero attached hydrogens (tertiary/aromatic N) is 1. The Hall–Kier alpha value is -3.63. The van der Waals surface area contributed by atoms with Gasteiger partial charge in [0, 0.05) is 42.8 Å². The number of aromatic amines is 1. The summed E-state index contributed by atoms with van der Waals surface area (Å²) in [6.45, 7) is 1.56. The van der Waals surface area contributed by atoms with Crippen LogP contribution >= 0.6 is 22.7 Å². The van der Waals surface area contributed by atoms with Gasteiger partial charge in [-0.1, -0.05) is 18.2 Å². The fraction of sp³-hybridized carbons (Fsp3) is 0.486. The number of nitrogens with one attached hydrogen (secondary N) is 3. The molecule has 3 aliphatic heterocycles. The van der Waals surface area contributed by atoms with Crippen LogP contribution in [0.4, 0.5) is 0 Å². The molecule has 1 aliphatic carbocycles. The van der Waals surface area contributed by atoms with Crippen LogP contribution in [0.1, 0.15) is 53.5 Å². The van der Waals surface area contributed by atoms with E-state index < -0.39 is 17.7 Å². The Labute approximate surface area is 302 Å². The Bertz CT molecular complexity index is 1910. The molecule has 14 heteroatoms. The van der Waals surface area contributed by atoms with Gasteiger partial charge in [-0.25, -0.2) is 4.79 Å². The lowest BCUT2D eigenvalue weighted by molar-refractivity contribution is -0.955. The predicted octanol–water partition coefficient (Wildman–Crippen LogP) is 2.87. The number of phenols is 1. The maximum Gasteiger partial charge on any atom is 0.349 e. The zero-order chi connectivity index (χ0) is 35.5. The van der Waals surface area contributed by atoms with Crippen molar-refractivity contribution < 1.29 is 38.9 Å². The summed E-state index contributed by atoms with van der Waals surface area (Å²) in [6.07, 6.45) is 2.58. The van der Waals surface area contributed by atoms with Gasteiger partial charge >= 0.3 is 5.97 Å². The Morgan fingerprint density at radius 3 is 2.41 bits per heavy atom. The molecule has 4 aliphatic rings. The number of hydrogen-bond donors (Lipinski definition) is 6. The van der Waals surface area contributed by atoms with Crippen molar-refractivity contribution in [2.45, 2.75) is 80.2 Å². The van der Waals surface area contributed by atoms with Gasteiger partial charge in [-0.2, -0.15) is 0 Å². The van der Waals surface area contributed by atoms with Crippen molar-refractivity contribution in [1.29, 1.82) is 0 Å². The van der Waals surface area contributed by atoms with Gasteiger partial charge in [0.25, 0.3) is 0 Å². The number of fused-ring (bicyclic) bond motifs is 6. The van der Waals surface area contributed by atoms with Crippen molar-refractivity contribution in [1.82, 2.24) is 15.6 Å². The molecule has 7 atom stereocenters. The lowest BCUT2D eigenvalue weighted by atomic mass is 9.94. The zero-order valence-corrected chi connectivity index (χ0v) is 29.8. The number of thiophene rings is 2. The van der Waals surface area contributed by atoms with Gasteiger partial charge in [0.05, 0.1) is 41.5 Å². The molecule has 0 spiro atoms. The molecule has 1 amide bonds. The van der Waals surface area contributed by atoms with Crippen LogP contribution in [0.3, 0.4) is 0 Å². The van der Waals surface area contributed by atoms with E-state index in [1.807, 2.05) is 22.9 Å². The monoisotopic (exact) mass is 735 g/mol. The first-order valence-electron chi connectivity index (χ1n) is 17.6. The second-order valence-corrected chi connectivity index (χ2v) is 16.5. The van der Waals surface area contributed by atoms with Crippen LogP contribution in [-0.2, 0) is 24.7 Å². The average molecular weight is 736 g/mol. The molecule has 1 saturated carbocycles. The fourth-order valence-corrected chi connectivity index (χ4v) is 10.6. The van der Waals surface area contributed by atoms with Crippen molar-refractivity contribution in [3.05, 3.63) is 85.0 Å². The number of carbonyl (C=O) groups excluding carboxylic acids is 2. The van der Waals surface area contributed by atoms with Crippen LogP contribution in [0.2, 0.25) is 0 Å². The van der Waals surface area contributed by atoms with Gasteiger partial charge < -0.3 is 44.9 Å². The highest BCUT2D eigenvalue weighted by Crippen LogP contribution is 2.53. The maximum absolute atomic E-state index is 13.6. The van der Waals surface area contributed by atoms with Crippen LogP contribution < -0.4 is 16.2 Å². The third-order valence-corrected chi connectivity index (χ3v) is 13.7. The highest BCUT2D eigenvalue weighted by atomic mass is 32.1. The van der Waals surface area contributed by atoms with Crippen LogP contribution in [0.25, 0.3) is 10.9 Å². The summed E-state index contributed by atoms with van der Waals surface area (Å²) >= 11 is 2.66. The summed E-state index contributed by atoms with van der Waals surface area (Å²) in [7, 11) is 2.22. The van der Waals surface area contributed by atoms with E-state index in [-0.39, 0.29) is 66.1 Å². The van der Waals surface area contributed by atoms with E-state index in [2.05, 4.69) is 22.7 Å². The molecule has 0 radical (unpaired) electrons. The molecule has 6 N–H and O–H groups in total. The number of pyridine rings is 1. The molecule has 51 heavy (non-hydrogen) atoms. The number of epoxide rings is 1. The number of piperidine rings is 1.